The number of hydrogen-bond donors (Lipinski definition) is 1. The maximum Gasteiger partial charge on any atom is 0.194 e. The molecule has 0 saturated carbocycles. The molecular formula is C16H22IN3OS. The monoisotopic (exact) mass is 431 g/mol. The van der Waals surface area contributed by atoms with Crippen molar-refractivity contribution in [1.29, 1.82) is 0 Å². The van der Waals surface area contributed by atoms with Crippen LogP contribution in [0.1, 0.15) is 23.5 Å². The molecule has 0 radical (unpaired) electrons. The molecule has 3 heterocycles. The number of nitrogens with zero attached hydrogens (tertiary/aromatic N) is 2. The number of hydrogen-bond acceptors (Lipinski definition) is 3. The zero-order chi connectivity index (χ0) is 14.3. The third-order valence-electron chi connectivity index (χ3n) is 3.60. The molecule has 1 saturated heterocycles. The minimum absolute atomic E-state index is 0. The molecule has 0 unspecified atom stereocenters. The number of aliphatic imine (C=N–C) groups is 1. The van der Waals surface area contributed by atoms with E-state index >= 15 is 0 Å². The van der Waals surface area contributed by atoms with Crippen LogP contribution in [0.25, 0.3) is 0 Å². The van der Waals surface area contributed by atoms with Crippen molar-refractivity contribution in [1.82, 2.24) is 10.2 Å². The van der Waals surface area contributed by atoms with E-state index in [1.54, 1.807) is 17.6 Å². The van der Waals surface area contributed by atoms with E-state index in [2.05, 4.69) is 27.7 Å². The third-order valence-corrected chi connectivity index (χ3v) is 4.47. The molecule has 0 aromatic carbocycles. The molecule has 1 aliphatic rings. The number of halogens is 1. The Balaban J connectivity index is 0.00000176. The van der Waals surface area contributed by atoms with E-state index in [1.807, 2.05) is 12.1 Å². The van der Waals surface area contributed by atoms with Crippen LogP contribution in [0.5, 0.6) is 0 Å². The van der Waals surface area contributed by atoms with E-state index in [-0.39, 0.29) is 24.0 Å². The average molecular weight is 431 g/mol. The quantitative estimate of drug-likeness (QED) is 0.446. The number of likely N-dealkylation sites (tertiary alicyclic amines) is 1. The first kappa shape index (κ1) is 17.3. The second-order valence-corrected chi connectivity index (χ2v) is 6.20. The molecule has 6 heteroatoms. The van der Waals surface area contributed by atoms with Gasteiger partial charge in [-0.2, -0.15) is 0 Å². The Kier molecular flexibility index (Phi) is 7.24. The van der Waals surface area contributed by atoms with Crippen LogP contribution in [0.2, 0.25) is 0 Å². The summed E-state index contributed by atoms with van der Waals surface area (Å²) in [6.45, 7) is 3.83. The van der Waals surface area contributed by atoms with Gasteiger partial charge in [-0.1, -0.05) is 6.07 Å². The van der Waals surface area contributed by atoms with Crippen molar-refractivity contribution in [2.75, 3.05) is 19.6 Å². The zero-order valence-corrected chi connectivity index (χ0v) is 15.7. The summed E-state index contributed by atoms with van der Waals surface area (Å²) in [7, 11) is 0. The fraction of sp³-hybridized carbons (Fsp3) is 0.438. The lowest BCUT2D eigenvalue weighted by molar-refractivity contribution is 0.480. The molecule has 120 valence electrons. The lowest BCUT2D eigenvalue weighted by Crippen LogP contribution is -2.40. The molecule has 22 heavy (non-hydrogen) atoms. The first-order chi connectivity index (χ1) is 10.4. The summed E-state index contributed by atoms with van der Waals surface area (Å²) in [5.74, 6) is 2.05. The number of nitrogens with one attached hydrogen (secondary N) is 1. The minimum Gasteiger partial charge on any atom is -0.469 e. The van der Waals surface area contributed by atoms with E-state index in [1.165, 1.54) is 17.7 Å². The number of rotatable bonds is 5. The lowest BCUT2D eigenvalue weighted by atomic mass is 10.3. The molecule has 4 nitrogen and oxygen atoms in total. The van der Waals surface area contributed by atoms with Crippen LogP contribution < -0.4 is 5.32 Å². The minimum atomic E-state index is 0. The summed E-state index contributed by atoms with van der Waals surface area (Å²) in [5, 5.41) is 5.58. The Morgan fingerprint density at radius 3 is 2.82 bits per heavy atom. The van der Waals surface area contributed by atoms with Gasteiger partial charge < -0.3 is 14.6 Å². The van der Waals surface area contributed by atoms with Crippen LogP contribution in [-0.2, 0) is 13.0 Å². The molecule has 0 spiro atoms. The van der Waals surface area contributed by atoms with Gasteiger partial charge in [-0.05, 0) is 36.4 Å². The van der Waals surface area contributed by atoms with Crippen LogP contribution in [0.4, 0.5) is 0 Å². The fourth-order valence-corrected chi connectivity index (χ4v) is 3.13. The molecule has 0 bridgehead atoms. The van der Waals surface area contributed by atoms with Gasteiger partial charge in [0.15, 0.2) is 5.96 Å². The predicted molar refractivity (Wildman–Crippen MR) is 102 cm³/mol. The van der Waals surface area contributed by atoms with Crippen molar-refractivity contribution in [2.24, 2.45) is 4.99 Å². The summed E-state index contributed by atoms with van der Waals surface area (Å²) in [6.07, 6.45) is 5.14. The Morgan fingerprint density at radius 2 is 2.14 bits per heavy atom. The van der Waals surface area contributed by atoms with Gasteiger partial charge in [0, 0.05) is 30.9 Å². The summed E-state index contributed by atoms with van der Waals surface area (Å²) in [5.41, 5.74) is 0. The molecule has 3 rings (SSSR count). The first-order valence-corrected chi connectivity index (χ1v) is 8.38. The summed E-state index contributed by atoms with van der Waals surface area (Å²) < 4.78 is 5.37. The molecule has 1 N–H and O–H groups in total. The Morgan fingerprint density at radius 1 is 1.27 bits per heavy atom. The predicted octanol–water partition coefficient (Wildman–Crippen LogP) is 3.74. The van der Waals surface area contributed by atoms with E-state index in [0.717, 1.165) is 44.3 Å². The Labute approximate surface area is 152 Å². The standard InChI is InChI=1S/C16H21N3OS.HI/c1-2-10-19(9-1)16(18-13-15-6-4-12-21-15)17-8-7-14-5-3-11-20-14;/h3-6,11-12H,1-2,7-10,13H2,(H,17,18);1H. The van der Waals surface area contributed by atoms with Crippen LogP contribution in [0.3, 0.4) is 0 Å². The Hall–Kier alpha value is -1.02. The van der Waals surface area contributed by atoms with Crippen LogP contribution in [0, 0.1) is 0 Å². The second-order valence-electron chi connectivity index (χ2n) is 5.17. The van der Waals surface area contributed by atoms with Gasteiger partial charge in [-0.3, -0.25) is 0 Å². The molecule has 1 aliphatic heterocycles. The van der Waals surface area contributed by atoms with Crippen LogP contribution in [0.15, 0.2) is 45.3 Å². The van der Waals surface area contributed by atoms with Gasteiger partial charge in [0.25, 0.3) is 0 Å². The largest absolute Gasteiger partial charge is 0.469 e. The maximum absolute atomic E-state index is 5.37. The third kappa shape index (κ3) is 5.01. The second kappa shape index (κ2) is 9.19. The summed E-state index contributed by atoms with van der Waals surface area (Å²) in [4.78, 5) is 8.44. The Bertz CT molecular complexity index is 548. The van der Waals surface area contributed by atoms with Gasteiger partial charge in [0.2, 0.25) is 0 Å². The lowest BCUT2D eigenvalue weighted by Gasteiger charge is -2.21. The topological polar surface area (TPSA) is 40.8 Å². The van der Waals surface area contributed by atoms with Crippen LogP contribution in [-0.4, -0.2) is 30.5 Å². The SMILES string of the molecule is I.c1coc(CCNC(=NCc2cccs2)N2CCCC2)c1. The molecule has 0 atom stereocenters. The average Bonchev–Trinajstić information content (AvgIpc) is 3.25. The van der Waals surface area contributed by atoms with Crippen molar-refractivity contribution in [3.05, 3.63) is 46.5 Å². The highest BCUT2D eigenvalue weighted by Crippen LogP contribution is 2.12. The molecule has 2 aromatic rings. The van der Waals surface area contributed by atoms with Gasteiger partial charge in [-0.25, -0.2) is 4.99 Å². The summed E-state index contributed by atoms with van der Waals surface area (Å²) >= 11 is 1.76. The van der Waals surface area contributed by atoms with Gasteiger partial charge in [-0.15, -0.1) is 35.3 Å². The molecule has 0 aliphatic carbocycles. The van der Waals surface area contributed by atoms with E-state index in [4.69, 9.17) is 9.41 Å². The molecular weight excluding hydrogens is 409 g/mol. The summed E-state index contributed by atoms with van der Waals surface area (Å²) in [6, 6.07) is 8.16. The highest BCUT2D eigenvalue weighted by molar-refractivity contribution is 14.0. The van der Waals surface area contributed by atoms with E-state index in [0.29, 0.717) is 0 Å². The number of furan rings is 1. The fourth-order valence-electron chi connectivity index (χ4n) is 2.50. The zero-order valence-electron chi connectivity index (χ0n) is 12.5. The van der Waals surface area contributed by atoms with Gasteiger partial charge in [0.1, 0.15) is 5.76 Å². The van der Waals surface area contributed by atoms with Crippen LogP contribution >= 0.6 is 35.3 Å². The van der Waals surface area contributed by atoms with Crippen molar-refractivity contribution in [3.63, 3.8) is 0 Å². The van der Waals surface area contributed by atoms with Gasteiger partial charge in [0.05, 0.1) is 12.8 Å². The number of guanidine groups is 1. The molecule has 2 aromatic heterocycles. The number of thiophene rings is 1. The maximum atomic E-state index is 5.37. The van der Waals surface area contributed by atoms with E-state index in [9.17, 15) is 0 Å². The molecule has 1 fully saturated rings. The first-order valence-electron chi connectivity index (χ1n) is 7.50. The van der Waals surface area contributed by atoms with Crippen molar-refractivity contribution in [2.45, 2.75) is 25.8 Å². The smallest absolute Gasteiger partial charge is 0.194 e. The van der Waals surface area contributed by atoms with Gasteiger partial charge >= 0.3 is 0 Å². The van der Waals surface area contributed by atoms with Crippen molar-refractivity contribution in [3.8, 4) is 0 Å². The van der Waals surface area contributed by atoms with Crippen molar-refractivity contribution >= 4 is 41.3 Å². The van der Waals surface area contributed by atoms with Crippen molar-refractivity contribution < 1.29 is 4.42 Å². The van der Waals surface area contributed by atoms with E-state index < -0.39 is 0 Å². The highest BCUT2D eigenvalue weighted by Gasteiger charge is 2.15. The highest BCUT2D eigenvalue weighted by atomic mass is 127. The normalized spacial score (nSPS) is 14.9. The molecule has 0 amide bonds.